The van der Waals surface area contributed by atoms with Gasteiger partial charge in [0, 0.05) is 10.7 Å². The van der Waals surface area contributed by atoms with Crippen LogP contribution in [0.15, 0.2) is 48.5 Å². The van der Waals surface area contributed by atoms with Crippen molar-refractivity contribution in [1.82, 2.24) is 0 Å². The molecule has 0 bridgehead atoms. The Morgan fingerprint density at radius 1 is 1.16 bits per heavy atom. The number of ether oxygens (including phenoxy) is 2. The Morgan fingerprint density at radius 2 is 1.88 bits per heavy atom. The number of amides is 1. The number of anilines is 1. The number of esters is 1. The number of benzene rings is 2. The molecule has 0 radical (unpaired) electrons. The average Bonchev–Trinajstić information content (AvgIpc) is 2.60. The number of nitrogens with one attached hydrogen (secondary N) is 1. The first-order chi connectivity index (χ1) is 12.0. The van der Waals surface area contributed by atoms with E-state index in [9.17, 15) is 9.59 Å². The Hall–Kier alpha value is -2.53. The highest BCUT2D eigenvalue weighted by Crippen LogP contribution is 2.17. The molecule has 1 N–H and O–H groups in total. The smallest absolute Gasteiger partial charge is 0.344 e. The molecular weight excluding hydrogens is 342 g/mol. The van der Waals surface area contributed by atoms with E-state index in [0.29, 0.717) is 16.5 Å². The van der Waals surface area contributed by atoms with E-state index < -0.39 is 18.0 Å². The van der Waals surface area contributed by atoms with Crippen LogP contribution in [0.4, 0.5) is 5.69 Å². The van der Waals surface area contributed by atoms with Crippen LogP contribution in [0, 0.1) is 0 Å². The molecule has 0 unspecified atom stereocenters. The van der Waals surface area contributed by atoms with Gasteiger partial charge in [-0.15, -0.1) is 0 Å². The summed E-state index contributed by atoms with van der Waals surface area (Å²) in [5.74, 6) is -0.582. The van der Waals surface area contributed by atoms with E-state index in [1.807, 2.05) is 24.3 Å². The van der Waals surface area contributed by atoms with Crippen molar-refractivity contribution in [3.8, 4) is 5.75 Å². The van der Waals surface area contributed by atoms with Gasteiger partial charge in [-0.25, -0.2) is 4.79 Å². The molecule has 1 atom stereocenters. The SMILES string of the molecule is CCc1ccc(NC(=O)[C@@H](C)OC(=O)COc2cccc(Cl)c2)cc1. The summed E-state index contributed by atoms with van der Waals surface area (Å²) in [6.45, 7) is 3.26. The minimum atomic E-state index is -0.929. The Labute approximate surface area is 151 Å². The molecular formula is C19H20ClNO4. The monoisotopic (exact) mass is 361 g/mol. The zero-order valence-corrected chi connectivity index (χ0v) is 14.9. The lowest BCUT2D eigenvalue weighted by atomic mass is 10.1. The van der Waals surface area contributed by atoms with Crippen LogP contribution in [-0.2, 0) is 20.7 Å². The van der Waals surface area contributed by atoms with Gasteiger partial charge in [0.1, 0.15) is 5.75 Å². The molecule has 0 aromatic heterocycles. The minimum absolute atomic E-state index is 0.302. The summed E-state index contributed by atoms with van der Waals surface area (Å²) in [6, 6.07) is 14.2. The van der Waals surface area contributed by atoms with Crippen molar-refractivity contribution in [2.75, 3.05) is 11.9 Å². The Balaban J connectivity index is 1.80. The zero-order chi connectivity index (χ0) is 18.2. The lowest BCUT2D eigenvalue weighted by Gasteiger charge is -2.14. The zero-order valence-electron chi connectivity index (χ0n) is 14.1. The van der Waals surface area contributed by atoms with Crippen LogP contribution in [0.5, 0.6) is 5.75 Å². The maximum Gasteiger partial charge on any atom is 0.344 e. The molecule has 25 heavy (non-hydrogen) atoms. The molecule has 0 aliphatic heterocycles. The summed E-state index contributed by atoms with van der Waals surface area (Å²) in [4.78, 5) is 23.9. The second-order valence-corrected chi connectivity index (χ2v) is 5.85. The number of halogens is 1. The number of hydrogen-bond acceptors (Lipinski definition) is 4. The van der Waals surface area contributed by atoms with Crippen LogP contribution in [0.1, 0.15) is 19.4 Å². The van der Waals surface area contributed by atoms with E-state index in [1.54, 1.807) is 24.3 Å². The molecule has 0 spiro atoms. The minimum Gasteiger partial charge on any atom is -0.482 e. The molecule has 1 amide bonds. The first-order valence-corrected chi connectivity index (χ1v) is 8.33. The molecule has 0 saturated heterocycles. The van der Waals surface area contributed by atoms with E-state index in [-0.39, 0.29) is 6.61 Å². The van der Waals surface area contributed by atoms with E-state index in [2.05, 4.69) is 12.2 Å². The maximum atomic E-state index is 12.1. The van der Waals surface area contributed by atoms with Gasteiger partial charge in [-0.05, 0) is 49.2 Å². The quantitative estimate of drug-likeness (QED) is 0.761. The van der Waals surface area contributed by atoms with Crippen molar-refractivity contribution in [3.63, 3.8) is 0 Å². The van der Waals surface area contributed by atoms with Gasteiger partial charge in [0.2, 0.25) is 0 Å². The molecule has 0 aliphatic carbocycles. The fraction of sp³-hybridized carbons (Fsp3) is 0.263. The highest BCUT2D eigenvalue weighted by atomic mass is 35.5. The Kier molecular flexibility index (Phi) is 6.83. The van der Waals surface area contributed by atoms with E-state index in [1.165, 1.54) is 12.5 Å². The molecule has 132 valence electrons. The lowest BCUT2D eigenvalue weighted by Crippen LogP contribution is -2.31. The lowest BCUT2D eigenvalue weighted by molar-refractivity contribution is -0.155. The highest BCUT2D eigenvalue weighted by molar-refractivity contribution is 6.30. The molecule has 0 saturated carbocycles. The van der Waals surface area contributed by atoms with Crippen LogP contribution < -0.4 is 10.1 Å². The van der Waals surface area contributed by atoms with Crippen LogP contribution in [-0.4, -0.2) is 24.6 Å². The van der Waals surface area contributed by atoms with Crippen LogP contribution in [0.25, 0.3) is 0 Å². The fourth-order valence-corrected chi connectivity index (χ4v) is 2.23. The molecule has 0 heterocycles. The van der Waals surface area contributed by atoms with Crippen molar-refractivity contribution in [2.24, 2.45) is 0 Å². The van der Waals surface area contributed by atoms with Gasteiger partial charge in [0.05, 0.1) is 0 Å². The van der Waals surface area contributed by atoms with Gasteiger partial charge in [-0.1, -0.05) is 36.7 Å². The van der Waals surface area contributed by atoms with Crippen molar-refractivity contribution in [1.29, 1.82) is 0 Å². The van der Waals surface area contributed by atoms with E-state index in [4.69, 9.17) is 21.1 Å². The third kappa shape index (κ3) is 6.12. The van der Waals surface area contributed by atoms with E-state index >= 15 is 0 Å². The van der Waals surface area contributed by atoms with Crippen LogP contribution in [0.2, 0.25) is 5.02 Å². The molecule has 2 aromatic carbocycles. The fourth-order valence-electron chi connectivity index (χ4n) is 2.05. The molecule has 2 aromatic rings. The number of hydrogen-bond donors (Lipinski definition) is 1. The number of carbonyl (C=O) groups is 2. The van der Waals surface area contributed by atoms with Gasteiger partial charge in [0.25, 0.3) is 5.91 Å². The van der Waals surface area contributed by atoms with Crippen molar-refractivity contribution < 1.29 is 19.1 Å². The summed E-state index contributed by atoms with van der Waals surface area (Å²) in [5, 5.41) is 3.21. The second-order valence-electron chi connectivity index (χ2n) is 5.42. The predicted molar refractivity (Wildman–Crippen MR) is 97.0 cm³/mol. The number of aryl methyl sites for hydroxylation is 1. The van der Waals surface area contributed by atoms with E-state index in [0.717, 1.165) is 6.42 Å². The summed E-state index contributed by atoms with van der Waals surface area (Å²) >= 11 is 5.83. The second kappa shape index (κ2) is 9.08. The first kappa shape index (κ1) is 18.8. The molecule has 0 fully saturated rings. The van der Waals surface area contributed by atoms with Gasteiger partial charge < -0.3 is 14.8 Å². The largest absolute Gasteiger partial charge is 0.482 e. The average molecular weight is 362 g/mol. The molecule has 0 aliphatic rings. The predicted octanol–water partition coefficient (Wildman–Crippen LogP) is 3.85. The molecule has 2 rings (SSSR count). The van der Waals surface area contributed by atoms with Gasteiger partial charge in [-0.2, -0.15) is 0 Å². The summed E-state index contributed by atoms with van der Waals surface area (Å²) in [5.41, 5.74) is 1.83. The third-order valence-electron chi connectivity index (χ3n) is 3.46. The normalized spacial score (nSPS) is 11.5. The Morgan fingerprint density at radius 3 is 2.52 bits per heavy atom. The van der Waals surface area contributed by atoms with Crippen LogP contribution >= 0.6 is 11.6 Å². The van der Waals surface area contributed by atoms with Crippen LogP contribution in [0.3, 0.4) is 0 Å². The topological polar surface area (TPSA) is 64.6 Å². The van der Waals surface area contributed by atoms with Gasteiger partial charge in [0.15, 0.2) is 12.7 Å². The van der Waals surface area contributed by atoms with Gasteiger partial charge in [-0.3, -0.25) is 4.79 Å². The third-order valence-corrected chi connectivity index (χ3v) is 3.70. The maximum absolute atomic E-state index is 12.1. The molecule has 6 heteroatoms. The van der Waals surface area contributed by atoms with Gasteiger partial charge >= 0.3 is 5.97 Å². The first-order valence-electron chi connectivity index (χ1n) is 7.95. The number of rotatable bonds is 7. The summed E-state index contributed by atoms with van der Waals surface area (Å²) in [7, 11) is 0. The highest BCUT2D eigenvalue weighted by Gasteiger charge is 2.18. The standard InChI is InChI=1S/C19H20ClNO4/c1-3-14-7-9-16(10-8-14)21-19(23)13(2)25-18(22)12-24-17-6-4-5-15(20)11-17/h4-11,13H,3,12H2,1-2H3,(H,21,23)/t13-/m1/s1. The van der Waals surface area contributed by atoms with Crippen molar-refractivity contribution in [2.45, 2.75) is 26.4 Å². The summed E-state index contributed by atoms with van der Waals surface area (Å²) in [6.07, 6.45) is -0.00388. The number of carbonyl (C=O) groups excluding carboxylic acids is 2. The summed E-state index contributed by atoms with van der Waals surface area (Å²) < 4.78 is 10.4. The Bertz CT molecular complexity index is 730. The van der Waals surface area contributed by atoms with Crippen molar-refractivity contribution >= 4 is 29.2 Å². The van der Waals surface area contributed by atoms with Crippen molar-refractivity contribution in [3.05, 3.63) is 59.1 Å². The molecule has 5 nitrogen and oxygen atoms in total.